The van der Waals surface area contributed by atoms with Crippen LogP contribution in [0.3, 0.4) is 0 Å². The lowest BCUT2D eigenvalue weighted by Crippen LogP contribution is -2.50. The molecule has 1 aromatic heterocycles. The van der Waals surface area contributed by atoms with Crippen LogP contribution in [0.25, 0.3) is 0 Å². The Balaban J connectivity index is 1.33. The molecule has 2 aliphatic rings. The number of fused-ring (bicyclic) bond motifs is 3. The van der Waals surface area contributed by atoms with Crippen LogP contribution in [0.5, 0.6) is 5.75 Å². The number of carbonyl (C=O) groups excluding carboxylic acids is 1. The highest BCUT2D eigenvalue weighted by Crippen LogP contribution is 2.29. The SMILES string of the molecule is COc1ccccc1CNC(=O)CN1CC[C@H]2OCc3cnnn3[C@H]2C1. The first-order valence-electron chi connectivity index (χ1n) is 8.86. The lowest BCUT2D eigenvalue weighted by molar-refractivity contribution is -0.124. The van der Waals surface area contributed by atoms with Gasteiger partial charge in [0, 0.05) is 25.2 Å². The Morgan fingerprint density at radius 2 is 2.31 bits per heavy atom. The van der Waals surface area contributed by atoms with Gasteiger partial charge < -0.3 is 14.8 Å². The molecule has 8 nitrogen and oxygen atoms in total. The molecule has 0 aliphatic carbocycles. The first kappa shape index (κ1) is 17.0. The summed E-state index contributed by atoms with van der Waals surface area (Å²) in [6.07, 6.45) is 2.79. The van der Waals surface area contributed by atoms with Gasteiger partial charge in [-0.25, -0.2) is 4.68 Å². The molecule has 8 heteroatoms. The second-order valence-electron chi connectivity index (χ2n) is 6.70. The molecule has 1 amide bonds. The fraction of sp³-hybridized carbons (Fsp3) is 0.500. The molecule has 1 N–H and O–H groups in total. The van der Waals surface area contributed by atoms with Gasteiger partial charge in [0.05, 0.1) is 44.3 Å². The number of ether oxygens (including phenoxy) is 2. The van der Waals surface area contributed by atoms with Gasteiger partial charge >= 0.3 is 0 Å². The minimum absolute atomic E-state index is 0.00453. The highest BCUT2D eigenvalue weighted by atomic mass is 16.5. The van der Waals surface area contributed by atoms with Crippen LogP contribution in [0, 0.1) is 0 Å². The van der Waals surface area contributed by atoms with E-state index in [1.807, 2.05) is 28.9 Å². The third-order valence-corrected chi connectivity index (χ3v) is 5.05. The normalized spacial score (nSPS) is 22.3. The molecule has 3 heterocycles. The Hall–Kier alpha value is -2.45. The summed E-state index contributed by atoms with van der Waals surface area (Å²) >= 11 is 0. The van der Waals surface area contributed by atoms with E-state index in [0.29, 0.717) is 19.7 Å². The molecule has 1 aromatic carbocycles. The maximum absolute atomic E-state index is 12.4. The van der Waals surface area contributed by atoms with E-state index in [1.54, 1.807) is 13.3 Å². The summed E-state index contributed by atoms with van der Waals surface area (Å²) in [6.45, 7) is 2.96. The fourth-order valence-corrected chi connectivity index (χ4v) is 3.69. The van der Waals surface area contributed by atoms with Crippen LogP contribution in [0.2, 0.25) is 0 Å². The van der Waals surface area contributed by atoms with E-state index in [-0.39, 0.29) is 18.1 Å². The minimum atomic E-state index is 0.00453. The van der Waals surface area contributed by atoms with Crippen molar-refractivity contribution in [1.82, 2.24) is 25.2 Å². The second-order valence-corrected chi connectivity index (χ2v) is 6.70. The van der Waals surface area contributed by atoms with Gasteiger partial charge in [0.2, 0.25) is 5.91 Å². The summed E-state index contributed by atoms with van der Waals surface area (Å²) in [6, 6.07) is 7.82. The Morgan fingerprint density at radius 1 is 1.42 bits per heavy atom. The van der Waals surface area contributed by atoms with E-state index in [4.69, 9.17) is 9.47 Å². The van der Waals surface area contributed by atoms with Crippen LogP contribution < -0.4 is 10.1 Å². The monoisotopic (exact) mass is 357 g/mol. The Labute approximate surface area is 152 Å². The molecule has 4 rings (SSSR count). The molecular formula is C18H23N5O3. The van der Waals surface area contributed by atoms with Gasteiger partial charge in [0.15, 0.2) is 0 Å². The van der Waals surface area contributed by atoms with Crippen LogP contribution in [0.1, 0.15) is 23.7 Å². The summed E-state index contributed by atoms with van der Waals surface area (Å²) in [5, 5.41) is 11.2. The Morgan fingerprint density at radius 3 is 3.19 bits per heavy atom. The fourth-order valence-electron chi connectivity index (χ4n) is 3.69. The summed E-state index contributed by atoms with van der Waals surface area (Å²) in [5.74, 6) is 0.788. The molecule has 2 aliphatic heterocycles. The van der Waals surface area contributed by atoms with Crippen molar-refractivity contribution in [3.8, 4) is 5.75 Å². The van der Waals surface area contributed by atoms with Crippen molar-refractivity contribution in [3.63, 3.8) is 0 Å². The summed E-state index contributed by atoms with van der Waals surface area (Å²) in [4.78, 5) is 14.5. The van der Waals surface area contributed by atoms with Gasteiger partial charge in [0.25, 0.3) is 0 Å². The number of rotatable bonds is 5. The maximum Gasteiger partial charge on any atom is 0.234 e. The quantitative estimate of drug-likeness (QED) is 0.850. The lowest BCUT2D eigenvalue weighted by atomic mass is 10.0. The maximum atomic E-state index is 12.4. The van der Waals surface area contributed by atoms with E-state index in [0.717, 1.165) is 36.5 Å². The molecule has 0 bridgehead atoms. The van der Waals surface area contributed by atoms with Crippen LogP contribution >= 0.6 is 0 Å². The number of aromatic nitrogens is 3. The number of carbonyl (C=O) groups is 1. The minimum Gasteiger partial charge on any atom is -0.496 e. The number of benzene rings is 1. The van der Waals surface area contributed by atoms with E-state index in [1.165, 1.54) is 0 Å². The number of nitrogens with zero attached hydrogens (tertiary/aromatic N) is 4. The zero-order valence-electron chi connectivity index (χ0n) is 14.8. The third kappa shape index (κ3) is 3.42. The Kier molecular flexibility index (Phi) is 4.85. The number of likely N-dealkylation sites (tertiary alicyclic amines) is 1. The average Bonchev–Trinajstić information content (AvgIpc) is 3.16. The zero-order valence-corrected chi connectivity index (χ0v) is 14.8. The summed E-state index contributed by atoms with van der Waals surface area (Å²) in [7, 11) is 1.63. The second kappa shape index (κ2) is 7.43. The number of para-hydroxylation sites is 1. The van der Waals surface area contributed by atoms with E-state index in [2.05, 4.69) is 20.5 Å². The molecule has 1 fully saturated rings. The standard InChI is InChI=1S/C18H23N5O3/c1-25-16-5-3-2-4-13(16)8-19-18(24)11-22-7-6-17-15(10-22)23-14(12-26-17)9-20-21-23/h2-5,9,15,17H,6-8,10-12H2,1H3,(H,19,24)/t15-,17+/m0/s1. The lowest BCUT2D eigenvalue weighted by Gasteiger charge is -2.40. The number of amides is 1. The largest absolute Gasteiger partial charge is 0.496 e. The number of nitrogens with one attached hydrogen (secondary N) is 1. The van der Waals surface area contributed by atoms with Crippen molar-refractivity contribution in [2.24, 2.45) is 0 Å². The first-order chi connectivity index (χ1) is 12.7. The molecule has 1 saturated heterocycles. The molecule has 0 unspecified atom stereocenters. The van der Waals surface area contributed by atoms with Crippen molar-refractivity contribution in [1.29, 1.82) is 0 Å². The number of hydrogen-bond donors (Lipinski definition) is 1. The molecular weight excluding hydrogens is 334 g/mol. The van der Waals surface area contributed by atoms with Gasteiger partial charge in [-0.15, -0.1) is 5.10 Å². The van der Waals surface area contributed by atoms with E-state index >= 15 is 0 Å². The van der Waals surface area contributed by atoms with Crippen LogP contribution in [0.4, 0.5) is 0 Å². The van der Waals surface area contributed by atoms with Gasteiger partial charge in [-0.1, -0.05) is 23.4 Å². The van der Waals surface area contributed by atoms with Crippen LogP contribution in [0.15, 0.2) is 30.5 Å². The average molecular weight is 357 g/mol. The predicted octanol–water partition coefficient (Wildman–Crippen LogP) is 0.749. The predicted molar refractivity (Wildman–Crippen MR) is 93.5 cm³/mol. The molecule has 2 aromatic rings. The molecule has 0 radical (unpaired) electrons. The Bertz CT molecular complexity index is 778. The zero-order chi connectivity index (χ0) is 17.9. The molecule has 2 atom stereocenters. The van der Waals surface area contributed by atoms with Crippen LogP contribution in [-0.4, -0.2) is 58.6 Å². The van der Waals surface area contributed by atoms with E-state index < -0.39 is 0 Å². The van der Waals surface area contributed by atoms with Crippen molar-refractivity contribution in [3.05, 3.63) is 41.7 Å². The summed E-state index contributed by atoms with van der Waals surface area (Å²) in [5.41, 5.74) is 1.96. The van der Waals surface area contributed by atoms with Crippen LogP contribution in [-0.2, 0) is 22.7 Å². The van der Waals surface area contributed by atoms with Gasteiger partial charge in [-0.05, 0) is 12.5 Å². The number of piperidine rings is 1. The van der Waals surface area contributed by atoms with Crippen molar-refractivity contribution in [2.45, 2.75) is 31.7 Å². The van der Waals surface area contributed by atoms with Gasteiger partial charge in [0.1, 0.15) is 5.75 Å². The third-order valence-electron chi connectivity index (χ3n) is 5.05. The molecule has 138 valence electrons. The molecule has 0 spiro atoms. The first-order valence-corrected chi connectivity index (χ1v) is 8.86. The highest BCUT2D eigenvalue weighted by Gasteiger charge is 2.36. The molecule has 26 heavy (non-hydrogen) atoms. The van der Waals surface area contributed by atoms with Gasteiger partial charge in [-0.3, -0.25) is 9.69 Å². The topological polar surface area (TPSA) is 81.5 Å². The van der Waals surface area contributed by atoms with Gasteiger partial charge in [-0.2, -0.15) is 0 Å². The highest BCUT2D eigenvalue weighted by molar-refractivity contribution is 5.78. The smallest absolute Gasteiger partial charge is 0.234 e. The van der Waals surface area contributed by atoms with E-state index in [9.17, 15) is 4.79 Å². The molecule has 0 saturated carbocycles. The number of hydrogen-bond acceptors (Lipinski definition) is 6. The van der Waals surface area contributed by atoms with Crippen molar-refractivity contribution in [2.75, 3.05) is 26.7 Å². The number of methoxy groups -OCH3 is 1. The van der Waals surface area contributed by atoms with Crippen molar-refractivity contribution < 1.29 is 14.3 Å². The van der Waals surface area contributed by atoms with Crippen molar-refractivity contribution >= 4 is 5.91 Å². The summed E-state index contributed by atoms with van der Waals surface area (Å²) < 4.78 is 13.2.